The number of methoxy groups -OCH3 is 2. The van der Waals surface area contributed by atoms with E-state index in [2.05, 4.69) is 15.0 Å². The third-order valence-corrected chi connectivity index (χ3v) is 3.53. The number of hydrogen-bond acceptors (Lipinski definition) is 5. The van der Waals surface area contributed by atoms with Crippen molar-refractivity contribution in [3.8, 4) is 5.75 Å². The van der Waals surface area contributed by atoms with Gasteiger partial charge in [0.05, 0.1) is 19.8 Å². The maximum Gasteiger partial charge on any atom is 0.305 e. The molecule has 1 N–H and O–H groups in total. The molecule has 0 radical (unpaired) electrons. The number of nitrogens with one attached hydrogen (secondary N) is 1. The van der Waals surface area contributed by atoms with E-state index in [0.717, 1.165) is 11.1 Å². The predicted octanol–water partition coefficient (Wildman–Crippen LogP) is 2.13. The Morgan fingerprint density at radius 1 is 1.17 bits per heavy atom. The monoisotopic (exact) mass is 328 g/mol. The third kappa shape index (κ3) is 4.81. The molecule has 0 unspecified atom stereocenters. The Bertz CT molecular complexity index is 701. The predicted molar refractivity (Wildman–Crippen MR) is 88.7 cm³/mol. The van der Waals surface area contributed by atoms with Gasteiger partial charge in [-0.1, -0.05) is 12.1 Å². The minimum absolute atomic E-state index is 0.240. The summed E-state index contributed by atoms with van der Waals surface area (Å²) in [6.07, 6.45) is 4.14. The number of ether oxygens (including phenoxy) is 2. The van der Waals surface area contributed by atoms with Crippen molar-refractivity contribution in [3.05, 3.63) is 59.4 Å². The van der Waals surface area contributed by atoms with Crippen LogP contribution in [-0.4, -0.2) is 31.1 Å². The fraction of sp³-hybridized carbons (Fsp3) is 0.278. The fourth-order valence-electron chi connectivity index (χ4n) is 2.22. The average molecular weight is 328 g/mol. The summed E-state index contributed by atoms with van der Waals surface area (Å²) in [5.74, 6) is -0.0375. The van der Waals surface area contributed by atoms with Crippen molar-refractivity contribution in [2.75, 3.05) is 14.2 Å². The number of esters is 1. The first-order valence-electron chi connectivity index (χ1n) is 7.55. The molecule has 0 fully saturated rings. The summed E-state index contributed by atoms with van der Waals surface area (Å²) < 4.78 is 9.89. The largest absolute Gasteiger partial charge is 0.496 e. The van der Waals surface area contributed by atoms with E-state index >= 15 is 0 Å². The van der Waals surface area contributed by atoms with Crippen molar-refractivity contribution in [2.45, 2.75) is 19.4 Å². The van der Waals surface area contributed by atoms with Gasteiger partial charge in [0.1, 0.15) is 5.75 Å². The van der Waals surface area contributed by atoms with Crippen LogP contribution in [0.3, 0.4) is 0 Å². The average Bonchev–Trinajstić information content (AvgIpc) is 2.64. The number of benzene rings is 1. The molecule has 2 rings (SSSR count). The third-order valence-electron chi connectivity index (χ3n) is 3.53. The number of aromatic nitrogens is 1. The van der Waals surface area contributed by atoms with Gasteiger partial charge in [-0.25, -0.2) is 0 Å². The maximum atomic E-state index is 12.4. The van der Waals surface area contributed by atoms with Gasteiger partial charge in [0, 0.05) is 25.4 Å². The normalized spacial score (nSPS) is 10.1. The van der Waals surface area contributed by atoms with E-state index in [-0.39, 0.29) is 18.3 Å². The van der Waals surface area contributed by atoms with Gasteiger partial charge in [-0.3, -0.25) is 14.6 Å². The van der Waals surface area contributed by atoms with Crippen LogP contribution in [0.2, 0.25) is 0 Å². The lowest BCUT2D eigenvalue weighted by Crippen LogP contribution is -2.23. The van der Waals surface area contributed by atoms with Gasteiger partial charge in [-0.2, -0.15) is 0 Å². The van der Waals surface area contributed by atoms with E-state index in [1.165, 1.54) is 14.2 Å². The number of rotatable bonds is 7. The second-order valence-corrected chi connectivity index (χ2v) is 5.15. The first kappa shape index (κ1) is 17.5. The van der Waals surface area contributed by atoms with Gasteiger partial charge in [-0.15, -0.1) is 0 Å². The van der Waals surface area contributed by atoms with E-state index in [9.17, 15) is 9.59 Å². The Kier molecular flexibility index (Phi) is 6.31. The molecule has 0 aliphatic heterocycles. The van der Waals surface area contributed by atoms with Crippen LogP contribution in [0.5, 0.6) is 5.75 Å². The molecule has 126 valence electrons. The quantitative estimate of drug-likeness (QED) is 0.788. The van der Waals surface area contributed by atoms with E-state index in [1.54, 1.807) is 24.5 Å². The molecular weight excluding hydrogens is 308 g/mol. The molecule has 0 aliphatic carbocycles. The van der Waals surface area contributed by atoms with Crippen LogP contribution in [-0.2, 0) is 22.5 Å². The molecule has 6 nitrogen and oxygen atoms in total. The summed E-state index contributed by atoms with van der Waals surface area (Å²) in [4.78, 5) is 27.7. The van der Waals surface area contributed by atoms with Crippen molar-refractivity contribution >= 4 is 11.9 Å². The highest BCUT2D eigenvalue weighted by atomic mass is 16.5. The number of nitrogens with zero attached hydrogens (tertiary/aromatic N) is 1. The Balaban J connectivity index is 2.08. The van der Waals surface area contributed by atoms with Crippen molar-refractivity contribution in [1.82, 2.24) is 10.3 Å². The van der Waals surface area contributed by atoms with Crippen molar-refractivity contribution < 1.29 is 19.1 Å². The van der Waals surface area contributed by atoms with Crippen molar-refractivity contribution in [1.29, 1.82) is 0 Å². The molecular formula is C18H20N2O4. The Morgan fingerprint density at radius 2 is 2.00 bits per heavy atom. The summed E-state index contributed by atoms with van der Waals surface area (Å²) in [6.45, 7) is 0.377. The minimum atomic E-state index is -0.284. The number of carbonyl (C=O) groups excluding carboxylic acids is 2. The first-order chi connectivity index (χ1) is 11.6. The molecule has 6 heteroatoms. The zero-order valence-electron chi connectivity index (χ0n) is 13.7. The highest BCUT2D eigenvalue weighted by Crippen LogP contribution is 2.21. The highest BCUT2D eigenvalue weighted by molar-refractivity contribution is 5.97. The molecule has 0 saturated heterocycles. The lowest BCUT2D eigenvalue weighted by molar-refractivity contribution is -0.140. The Hall–Kier alpha value is -2.89. The summed E-state index contributed by atoms with van der Waals surface area (Å²) >= 11 is 0. The smallest absolute Gasteiger partial charge is 0.305 e. The Labute approximate surface area is 140 Å². The van der Waals surface area contributed by atoms with Crippen molar-refractivity contribution in [3.63, 3.8) is 0 Å². The van der Waals surface area contributed by atoms with E-state index < -0.39 is 0 Å². The molecule has 0 aliphatic rings. The zero-order chi connectivity index (χ0) is 17.4. The molecule has 0 bridgehead atoms. The van der Waals surface area contributed by atoms with Crippen LogP contribution in [0.25, 0.3) is 0 Å². The van der Waals surface area contributed by atoms with Gasteiger partial charge in [0.25, 0.3) is 5.91 Å². The summed E-state index contributed by atoms with van der Waals surface area (Å²) in [5.41, 5.74) is 2.21. The van der Waals surface area contributed by atoms with Crippen molar-refractivity contribution in [2.24, 2.45) is 0 Å². The molecule has 2 aromatic rings. The van der Waals surface area contributed by atoms with Crippen LogP contribution in [0.1, 0.15) is 27.9 Å². The lowest BCUT2D eigenvalue weighted by Gasteiger charge is -2.11. The fourth-order valence-corrected chi connectivity index (χ4v) is 2.22. The summed E-state index contributed by atoms with van der Waals surface area (Å²) in [5, 5.41) is 2.84. The van der Waals surface area contributed by atoms with Crippen LogP contribution in [0.4, 0.5) is 0 Å². The molecule has 0 spiro atoms. The van der Waals surface area contributed by atoms with Crippen LogP contribution >= 0.6 is 0 Å². The standard InChI is InChI=1S/C18H20N2O4/c1-23-16-7-5-13(6-8-17(21)24-2)10-15(16)18(22)20-12-14-4-3-9-19-11-14/h3-5,7,9-11H,6,8,12H2,1-2H3,(H,20,22). The van der Waals surface area contributed by atoms with E-state index in [0.29, 0.717) is 24.3 Å². The van der Waals surface area contributed by atoms with Crippen LogP contribution < -0.4 is 10.1 Å². The molecule has 1 aromatic carbocycles. The molecule has 1 aromatic heterocycles. The van der Waals surface area contributed by atoms with E-state index in [1.807, 2.05) is 18.2 Å². The topological polar surface area (TPSA) is 77.5 Å². The van der Waals surface area contributed by atoms with Crippen LogP contribution in [0, 0.1) is 0 Å². The summed E-state index contributed by atoms with van der Waals surface area (Å²) in [6, 6.07) is 9.00. The molecule has 24 heavy (non-hydrogen) atoms. The second-order valence-electron chi connectivity index (χ2n) is 5.15. The zero-order valence-corrected chi connectivity index (χ0v) is 13.7. The number of amides is 1. The van der Waals surface area contributed by atoms with Gasteiger partial charge < -0.3 is 14.8 Å². The van der Waals surface area contributed by atoms with Gasteiger partial charge in [-0.05, 0) is 35.7 Å². The van der Waals surface area contributed by atoms with E-state index in [4.69, 9.17) is 4.74 Å². The van der Waals surface area contributed by atoms with Gasteiger partial charge in [0.15, 0.2) is 0 Å². The number of aryl methyl sites for hydroxylation is 1. The second kappa shape index (κ2) is 8.67. The SMILES string of the molecule is COC(=O)CCc1ccc(OC)c(C(=O)NCc2cccnc2)c1. The Morgan fingerprint density at radius 3 is 2.67 bits per heavy atom. The van der Waals surface area contributed by atoms with Gasteiger partial charge in [0.2, 0.25) is 0 Å². The molecule has 1 amide bonds. The van der Waals surface area contributed by atoms with Crippen LogP contribution in [0.15, 0.2) is 42.7 Å². The first-order valence-corrected chi connectivity index (χ1v) is 7.55. The molecule has 0 atom stereocenters. The maximum absolute atomic E-state index is 12.4. The van der Waals surface area contributed by atoms with Gasteiger partial charge >= 0.3 is 5.97 Å². The number of carbonyl (C=O) groups is 2. The highest BCUT2D eigenvalue weighted by Gasteiger charge is 2.13. The molecule has 0 saturated carbocycles. The summed E-state index contributed by atoms with van der Waals surface area (Å²) in [7, 11) is 2.87. The number of hydrogen-bond donors (Lipinski definition) is 1. The molecule has 1 heterocycles. The minimum Gasteiger partial charge on any atom is -0.496 e. The lowest BCUT2D eigenvalue weighted by atomic mass is 10.0. The number of pyridine rings is 1.